The third-order valence-electron chi connectivity index (χ3n) is 3.80. The Labute approximate surface area is 137 Å². The van der Waals surface area contributed by atoms with E-state index in [1.807, 2.05) is 32.0 Å². The zero-order valence-corrected chi connectivity index (χ0v) is 14.3. The lowest BCUT2D eigenvalue weighted by atomic mass is 10.2. The molecule has 1 aromatic rings. The molecule has 1 N–H and O–H groups in total. The van der Waals surface area contributed by atoms with E-state index in [0.717, 1.165) is 18.7 Å². The van der Waals surface area contributed by atoms with Gasteiger partial charge in [0.1, 0.15) is 0 Å². The summed E-state index contributed by atoms with van der Waals surface area (Å²) < 4.78 is 16.2. The summed E-state index contributed by atoms with van der Waals surface area (Å²) in [5.41, 5.74) is 0.972. The van der Waals surface area contributed by atoms with Crippen molar-refractivity contribution in [2.24, 2.45) is 0 Å². The minimum absolute atomic E-state index is 0.0149. The van der Waals surface area contributed by atoms with Crippen LogP contribution in [-0.4, -0.2) is 56.9 Å². The zero-order chi connectivity index (χ0) is 16.8. The van der Waals surface area contributed by atoms with Crippen LogP contribution < -0.4 is 14.8 Å². The summed E-state index contributed by atoms with van der Waals surface area (Å²) in [6.45, 7) is 6.50. The fraction of sp³-hybridized carbons (Fsp3) is 0.588. The normalized spacial score (nSPS) is 21.7. The number of nitrogens with one attached hydrogen (secondary N) is 1. The molecule has 1 saturated heterocycles. The van der Waals surface area contributed by atoms with Gasteiger partial charge in [-0.25, -0.2) is 0 Å². The van der Waals surface area contributed by atoms with Crippen LogP contribution in [0.3, 0.4) is 0 Å². The van der Waals surface area contributed by atoms with Crippen LogP contribution in [0.1, 0.15) is 19.4 Å². The topological polar surface area (TPSA) is 60.0 Å². The summed E-state index contributed by atoms with van der Waals surface area (Å²) in [4.78, 5) is 14.3. The average Bonchev–Trinajstić information content (AvgIpc) is 2.51. The molecule has 2 atom stereocenters. The molecule has 0 spiro atoms. The van der Waals surface area contributed by atoms with Gasteiger partial charge in [-0.2, -0.15) is 0 Å². The van der Waals surface area contributed by atoms with Crippen LogP contribution in [0.2, 0.25) is 0 Å². The van der Waals surface area contributed by atoms with E-state index in [4.69, 9.17) is 14.2 Å². The number of ether oxygens (including phenoxy) is 3. The van der Waals surface area contributed by atoms with E-state index >= 15 is 0 Å². The van der Waals surface area contributed by atoms with Crippen molar-refractivity contribution in [2.45, 2.75) is 32.6 Å². The Kier molecular flexibility index (Phi) is 6.24. The number of methoxy groups -OCH3 is 2. The summed E-state index contributed by atoms with van der Waals surface area (Å²) in [6.07, 6.45) is 0.329. The number of amides is 1. The highest BCUT2D eigenvalue weighted by Gasteiger charge is 2.23. The van der Waals surface area contributed by atoms with Crippen LogP contribution in [0, 0.1) is 0 Å². The summed E-state index contributed by atoms with van der Waals surface area (Å²) in [7, 11) is 3.20. The first-order valence-corrected chi connectivity index (χ1v) is 7.87. The van der Waals surface area contributed by atoms with Gasteiger partial charge in [-0.1, -0.05) is 6.07 Å². The van der Waals surface area contributed by atoms with Gasteiger partial charge < -0.3 is 19.5 Å². The second kappa shape index (κ2) is 8.17. The summed E-state index contributed by atoms with van der Waals surface area (Å²) in [5.74, 6) is 1.36. The lowest BCUT2D eigenvalue weighted by Crippen LogP contribution is -2.49. The number of benzene rings is 1. The van der Waals surface area contributed by atoms with Crippen molar-refractivity contribution in [1.82, 2.24) is 10.2 Å². The first-order valence-electron chi connectivity index (χ1n) is 7.87. The van der Waals surface area contributed by atoms with Crippen molar-refractivity contribution < 1.29 is 19.0 Å². The molecule has 1 amide bonds. The zero-order valence-electron chi connectivity index (χ0n) is 14.3. The second-order valence-electron chi connectivity index (χ2n) is 5.92. The molecule has 0 bridgehead atoms. The number of rotatable bonds is 6. The quantitative estimate of drug-likeness (QED) is 0.858. The molecule has 6 heteroatoms. The van der Waals surface area contributed by atoms with Crippen LogP contribution in [0.25, 0.3) is 0 Å². The monoisotopic (exact) mass is 322 g/mol. The number of nitrogens with zero attached hydrogens (tertiary/aromatic N) is 1. The van der Waals surface area contributed by atoms with Gasteiger partial charge in [0.2, 0.25) is 5.91 Å². The Morgan fingerprint density at radius 2 is 1.87 bits per heavy atom. The number of carbonyl (C=O) groups is 1. The Morgan fingerprint density at radius 1 is 1.22 bits per heavy atom. The van der Waals surface area contributed by atoms with Gasteiger partial charge in [-0.3, -0.25) is 9.69 Å². The molecule has 1 fully saturated rings. The molecule has 6 nitrogen and oxygen atoms in total. The van der Waals surface area contributed by atoms with E-state index in [9.17, 15) is 4.79 Å². The number of hydrogen-bond donors (Lipinski definition) is 1. The van der Waals surface area contributed by atoms with E-state index in [1.165, 1.54) is 0 Å². The van der Waals surface area contributed by atoms with Gasteiger partial charge in [-0.15, -0.1) is 0 Å². The first kappa shape index (κ1) is 17.6. The SMILES string of the molecule is COc1ccc(CNC(=O)CN2CC(C)OC(C)C2)cc1OC. The molecule has 2 unspecified atom stereocenters. The highest BCUT2D eigenvalue weighted by molar-refractivity contribution is 5.78. The molecule has 0 radical (unpaired) electrons. The molecule has 2 rings (SSSR count). The van der Waals surface area contributed by atoms with Crippen molar-refractivity contribution in [3.63, 3.8) is 0 Å². The summed E-state index contributed by atoms with van der Waals surface area (Å²) in [5, 5.41) is 2.95. The molecule has 1 aromatic carbocycles. The van der Waals surface area contributed by atoms with Crippen molar-refractivity contribution in [3.05, 3.63) is 23.8 Å². The maximum Gasteiger partial charge on any atom is 0.234 e. The van der Waals surface area contributed by atoms with Crippen LogP contribution >= 0.6 is 0 Å². The van der Waals surface area contributed by atoms with Gasteiger partial charge in [0.25, 0.3) is 0 Å². The molecule has 0 aromatic heterocycles. The fourth-order valence-electron chi connectivity index (χ4n) is 2.86. The third-order valence-corrected chi connectivity index (χ3v) is 3.80. The number of morpholine rings is 1. The Balaban J connectivity index is 1.84. The Bertz CT molecular complexity index is 525. The van der Waals surface area contributed by atoms with E-state index in [-0.39, 0.29) is 18.1 Å². The van der Waals surface area contributed by atoms with E-state index in [1.54, 1.807) is 14.2 Å². The molecule has 1 aliphatic rings. The molecule has 23 heavy (non-hydrogen) atoms. The lowest BCUT2D eigenvalue weighted by molar-refractivity contribution is -0.126. The van der Waals surface area contributed by atoms with Crippen LogP contribution in [0.4, 0.5) is 0 Å². The molecule has 1 heterocycles. The van der Waals surface area contributed by atoms with Crippen LogP contribution in [0.15, 0.2) is 18.2 Å². The molecule has 0 aliphatic carbocycles. The van der Waals surface area contributed by atoms with Crippen molar-refractivity contribution in [2.75, 3.05) is 33.9 Å². The average molecular weight is 322 g/mol. The number of hydrogen-bond acceptors (Lipinski definition) is 5. The Hall–Kier alpha value is -1.79. The van der Waals surface area contributed by atoms with Crippen LogP contribution in [0.5, 0.6) is 11.5 Å². The predicted molar refractivity (Wildman–Crippen MR) is 87.8 cm³/mol. The maximum atomic E-state index is 12.1. The van der Waals surface area contributed by atoms with Crippen LogP contribution in [-0.2, 0) is 16.1 Å². The highest BCUT2D eigenvalue weighted by Crippen LogP contribution is 2.27. The van der Waals surface area contributed by atoms with E-state index in [2.05, 4.69) is 10.2 Å². The van der Waals surface area contributed by atoms with E-state index < -0.39 is 0 Å². The van der Waals surface area contributed by atoms with Crippen molar-refractivity contribution in [3.8, 4) is 11.5 Å². The van der Waals surface area contributed by atoms with Crippen molar-refractivity contribution in [1.29, 1.82) is 0 Å². The molecular formula is C17H26N2O4. The van der Waals surface area contributed by atoms with Gasteiger partial charge in [0, 0.05) is 19.6 Å². The van der Waals surface area contributed by atoms with Gasteiger partial charge in [-0.05, 0) is 31.5 Å². The second-order valence-corrected chi connectivity index (χ2v) is 5.92. The minimum Gasteiger partial charge on any atom is -0.493 e. The van der Waals surface area contributed by atoms with Gasteiger partial charge >= 0.3 is 0 Å². The van der Waals surface area contributed by atoms with Crippen molar-refractivity contribution >= 4 is 5.91 Å². The lowest BCUT2D eigenvalue weighted by Gasteiger charge is -2.34. The van der Waals surface area contributed by atoms with Gasteiger partial charge in [0.05, 0.1) is 33.0 Å². The number of carbonyl (C=O) groups excluding carboxylic acids is 1. The molecular weight excluding hydrogens is 296 g/mol. The smallest absolute Gasteiger partial charge is 0.234 e. The highest BCUT2D eigenvalue weighted by atomic mass is 16.5. The molecule has 128 valence electrons. The standard InChI is InChI=1S/C17H26N2O4/c1-12-9-19(10-13(2)23-12)11-17(20)18-8-14-5-6-15(21-3)16(7-14)22-4/h5-7,12-13H,8-11H2,1-4H3,(H,18,20). The largest absolute Gasteiger partial charge is 0.493 e. The maximum absolute atomic E-state index is 12.1. The minimum atomic E-state index is 0.0149. The van der Waals surface area contributed by atoms with Gasteiger partial charge in [0.15, 0.2) is 11.5 Å². The first-order chi connectivity index (χ1) is 11.0. The third kappa shape index (κ3) is 5.11. The predicted octanol–water partition coefficient (Wildman–Crippen LogP) is 1.43. The fourth-order valence-corrected chi connectivity index (χ4v) is 2.86. The molecule has 1 aliphatic heterocycles. The Morgan fingerprint density at radius 3 is 2.48 bits per heavy atom. The molecule has 0 saturated carbocycles. The summed E-state index contributed by atoms with van der Waals surface area (Å²) >= 11 is 0. The van der Waals surface area contributed by atoms with E-state index in [0.29, 0.717) is 24.6 Å². The summed E-state index contributed by atoms with van der Waals surface area (Å²) in [6, 6.07) is 5.63.